The van der Waals surface area contributed by atoms with Crippen molar-refractivity contribution in [2.45, 2.75) is 19.8 Å². The third kappa shape index (κ3) is 5.98. The molecule has 272 valence electrons. The van der Waals surface area contributed by atoms with Crippen molar-refractivity contribution in [1.82, 2.24) is 9.13 Å². The highest BCUT2D eigenvalue weighted by atomic mass is 15.0. The van der Waals surface area contributed by atoms with Crippen LogP contribution < -0.4 is 0 Å². The van der Waals surface area contributed by atoms with Crippen LogP contribution in [0.3, 0.4) is 0 Å². The van der Waals surface area contributed by atoms with Crippen molar-refractivity contribution in [2.24, 2.45) is 0 Å². The molecule has 10 aromatic rings. The van der Waals surface area contributed by atoms with Crippen LogP contribution in [0.25, 0.3) is 93.9 Å². The van der Waals surface area contributed by atoms with Gasteiger partial charge in [0.15, 0.2) is 0 Å². The van der Waals surface area contributed by atoms with E-state index in [4.69, 9.17) is 0 Å². The Morgan fingerprint density at radius 2 is 1.04 bits per heavy atom. The predicted octanol–water partition coefficient (Wildman–Crippen LogP) is 15.3. The maximum absolute atomic E-state index is 4.08. The largest absolute Gasteiger partial charge is 0.309 e. The van der Waals surface area contributed by atoms with Gasteiger partial charge in [-0.2, -0.15) is 0 Å². The highest BCUT2D eigenvalue weighted by Crippen LogP contribution is 2.42. The van der Waals surface area contributed by atoms with Gasteiger partial charge in [-0.05, 0) is 100.0 Å². The minimum absolute atomic E-state index is 0.979. The van der Waals surface area contributed by atoms with Crippen LogP contribution >= 0.6 is 0 Å². The topological polar surface area (TPSA) is 9.86 Å². The Kier molecular flexibility index (Phi) is 8.73. The number of hydrogen-bond donors (Lipinski definition) is 0. The molecule has 2 heteroatoms. The Balaban J connectivity index is 1.20. The quantitative estimate of drug-likeness (QED) is 0.131. The van der Waals surface area contributed by atoms with Gasteiger partial charge in [0.2, 0.25) is 0 Å². The van der Waals surface area contributed by atoms with Crippen molar-refractivity contribution in [2.75, 3.05) is 0 Å². The van der Waals surface area contributed by atoms with Crippen LogP contribution in [-0.2, 0) is 0 Å². The van der Waals surface area contributed by atoms with Gasteiger partial charge in [-0.3, -0.25) is 0 Å². The molecule has 57 heavy (non-hydrogen) atoms. The second kappa shape index (κ2) is 14.5. The highest BCUT2D eigenvalue weighted by Gasteiger charge is 2.20. The van der Waals surface area contributed by atoms with Gasteiger partial charge in [0, 0.05) is 38.5 Å². The van der Waals surface area contributed by atoms with E-state index >= 15 is 0 Å². The SMILES string of the molecule is C=C/C=C(\CCC)c1cc(-c2ccccc2)cc(-n2c3ccccc3c3cccc(-c4ccc5c(c4)c4ccccc4n5-c4ccc(-c5ccccc5)cc4)c32)c1. The molecule has 8 aromatic carbocycles. The number of para-hydroxylation sites is 3. The first-order valence-corrected chi connectivity index (χ1v) is 19.9. The molecule has 10 rings (SSSR count). The van der Waals surface area contributed by atoms with Gasteiger partial charge < -0.3 is 9.13 Å². The molecule has 2 aromatic heterocycles. The van der Waals surface area contributed by atoms with Crippen LogP contribution in [-0.4, -0.2) is 9.13 Å². The molecular formula is C55H42N2. The lowest BCUT2D eigenvalue weighted by Crippen LogP contribution is -1.99. The molecule has 0 saturated carbocycles. The standard InChI is InChI=1S/C55H42N2/c1-3-16-38(17-4-2)43-34-44(40-20-9-6-10-21-40)36-46(35-43)57-53-27-14-11-22-48(53)50-25-15-24-47(55(50)57)42-30-33-54-51(37-42)49-23-12-13-26-52(49)56(54)45-31-28-41(29-32-45)39-18-7-5-8-19-39/h3,5-16,18-37H,1,4,17H2,2H3/b38-16+. The van der Waals surface area contributed by atoms with E-state index in [1.807, 2.05) is 6.08 Å². The molecule has 0 spiro atoms. The predicted molar refractivity (Wildman–Crippen MR) is 245 cm³/mol. The van der Waals surface area contributed by atoms with E-state index in [-0.39, 0.29) is 0 Å². The van der Waals surface area contributed by atoms with E-state index in [2.05, 4.69) is 217 Å². The average Bonchev–Trinajstić information content (AvgIpc) is 3.80. The normalized spacial score (nSPS) is 11.9. The molecule has 0 atom stereocenters. The summed E-state index contributed by atoms with van der Waals surface area (Å²) >= 11 is 0. The molecule has 2 nitrogen and oxygen atoms in total. The molecule has 0 saturated heterocycles. The fourth-order valence-corrected chi connectivity index (χ4v) is 8.83. The lowest BCUT2D eigenvalue weighted by molar-refractivity contribution is 0.973. The summed E-state index contributed by atoms with van der Waals surface area (Å²) in [6.07, 6.45) is 6.14. The zero-order valence-electron chi connectivity index (χ0n) is 32.1. The molecule has 0 radical (unpaired) electrons. The van der Waals surface area contributed by atoms with E-state index in [1.54, 1.807) is 0 Å². The summed E-state index contributed by atoms with van der Waals surface area (Å²) in [6, 6.07) is 68.8. The van der Waals surface area contributed by atoms with Gasteiger partial charge in [-0.15, -0.1) is 0 Å². The molecular weight excluding hydrogens is 689 g/mol. The van der Waals surface area contributed by atoms with Crippen molar-refractivity contribution in [1.29, 1.82) is 0 Å². The first-order valence-electron chi connectivity index (χ1n) is 19.9. The summed E-state index contributed by atoms with van der Waals surface area (Å²) in [6.45, 7) is 6.32. The fraction of sp³-hybridized carbons (Fsp3) is 0.0545. The van der Waals surface area contributed by atoms with E-state index in [0.717, 1.165) is 24.2 Å². The Bertz CT molecular complexity index is 3120. The summed E-state index contributed by atoms with van der Waals surface area (Å²) in [5.41, 5.74) is 16.8. The molecule has 2 heterocycles. The molecule has 0 unspecified atom stereocenters. The average molecular weight is 731 g/mol. The van der Waals surface area contributed by atoms with Crippen molar-refractivity contribution in [3.63, 3.8) is 0 Å². The summed E-state index contributed by atoms with van der Waals surface area (Å²) in [7, 11) is 0. The molecule has 0 aliphatic carbocycles. The Hall–Kier alpha value is -7.16. The fourth-order valence-electron chi connectivity index (χ4n) is 8.83. The summed E-state index contributed by atoms with van der Waals surface area (Å²) in [5.74, 6) is 0. The van der Waals surface area contributed by atoms with Gasteiger partial charge in [0.25, 0.3) is 0 Å². The summed E-state index contributed by atoms with van der Waals surface area (Å²) < 4.78 is 4.90. The van der Waals surface area contributed by atoms with E-state index in [1.165, 1.54) is 88.1 Å². The number of allylic oxidation sites excluding steroid dienone is 3. The zero-order valence-corrected chi connectivity index (χ0v) is 32.1. The van der Waals surface area contributed by atoms with Crippen LogP contribution in [0.5, 0.6) is 0 Å². The molecule has 0 N–H and O–H groups in total. The molecule has 0 amide bonds. The first kappa shape index (κ1) is 34.3. The summed E-state index contributed by atoms with van der Waals surface area (Å²) in [4.78, 5) is 0. The second-order valence-corrected chi connectivity index (χ2v) is 14.9. The van der Waals surface area contributed by atoms with Gasteiger partial charge in [0.05, 0.1) is 22.1 Å². The van der Waals surface area contributed by atoms with Crippen LogP contribution in [0.4, 0.5) is 0 Å². The maximum atomic E-state index is 4.08. The van der Waals surface area contributed by atoms with Crippen molar-refractivity contribution >= 4 is 49.2 Å². The van der Waals surface area contributed by atoms with Crippen LogP contribution in [0.2, 0.25) is 0 Å². The van der Waals surface area contributed by atoms with Gasteiger partial charge in [0.1, 0.15) is 0 Å². The van der Waals surface area contributed by atoms with E-state index in [0.29, 0.717) is 0 Å². The number of benzene rings is 8. The van der Waals surface area contributed by atoms with E-state index in [9.17, 15) is 0 Å². The van der Waals surface area contributed by atoms with Gasteiger partial charge in [-0.1, -0.05) is 166 Å². The van der Waals surface area contributed by atoms with Crippen LogP contribution in [0.1, 0.15) is 25.3 Å². The third-order valence-corrected chi connectivity index (χ3v) is 11.4. The van der Waals surface area contributed by atoms with Crippen molar-refractivity contribution < 1.29 is 0 Å². The minimum atomic E-state index is 0.979. The van der Waals surface area contributed by atoms with Crippen LogP contribution in [0.15, 0.2) is 207 Å². The number of nitrogens with zero attached hydrogens (tertiary/aromatic N) is 2. The number of fused-ring (bicyclic) bond motifs is 6. The van der Waals surface area contributed by atoms with Gasteiger partial charge >= 0.3 is 0 Å². The van der Waals surface area contributed by atoms with Crippen molar-refractivity contribution in [3.8, 4) is 44.8 Å². The molecule has 0 fully saturated rings. The Labute approximate surface area is 333 Å². The zero-order chi connectivity index (χ0) is 38.3. The minimum Gasteiger partial charge on any atom is -0.309 e. The van der Waals surface area contributed by atoms with E-state index < -0.39 is 0 Å². The monoisotopic (exact) mass is 730 g/mol. The highest BCUT2D eigenvalue weighted by molar-refractivity contribution is 6.15. The molecule has 0 aliphatic heterocycles. The maximum Gasteiger partial charge on any atom is 0.0619 e. The number of aromatic nitrogens is 2. The number of hydrogen-bond acceptors (Lipinski definition) is 0. The number of rotatable bonds is 9. The van der Waals surface area contributed by atoms with Crippen molar-refractivity contribution in [3.05, 3.63) is 212 Å². The smallest absolute Gasteiger partial charge is 0.0619 e. The lowest BCUT2D eigenvalue weighted by atomic mass is 9.95. The summed E-state index contributed by atoms with van der Waals surface area (Å²) in [5, 5.41) is 4.97. The third-order valence-electron chi connectivity index (χ3n) is 11.4. The second-order valence-electron chi connectivity index (χ2n) is 14.9. The Morgan fingerprint density at radius 1 is 0.456 bits per heavy atom. The first-order chi connectivity index (χ1) is 28.2. The lowest BCUT2D eigenvalue weighted by Gasteiger charge is -2.17. The van der Waals surface area contributed by atoms with Gasteiger partial charge in [-0.25, -0.2) is 0 Å². The molecule has 0 aliphatic rings. The van der Waals surface area contributed by atoms with Crippen LogP contribution in [0, 0.1) is 0 Å². The Morgan fingerprint density at radius 3 is 1.74 bits per heavy atom. The molecule has 0 bridgehead atoms.